The fourth-order valence-corrected chi connectivity index (χ4v) is 2.63. The molecule has 0 aliphatic heterocycles. The molecule has 1 unspecified atom stereocenters. The molecule has 2 aromatic heterocycles. The minimum atomic E-state index is -0.765. The zero-order chi connectivity index (χ0) is 15.7. The molecule has 0 radical (unpaired) electrons. The number of hydrogen-bond donors (Lipinski definition) is 2. The quantitative estimate of drug-likeness (QED) is 0.564. The van der Waals surface area contributed by atoms with E-state index in [-0.39, 0.29) is 12.1 Å². The molecule has 0 amide bonds. The number of nitrogens with zero attached hydrogens (tertiary/aromatic N) is 3. The van der Waals surface area contributed by atoms with Crippen LogP contribution in [0.4, 0.5) is 0 Å². The highest BCUT2D eigenvalue weighted by atomic mass is 35.5. The summed E-state index contributed by atoms with van der Waals surface area (Å²) in [5, 5.41) is 16.0. The summed E-state index contributed by atoms with van der Waals surface area (Å²) in [6.07, 6.45) is 2.52. The Kier molecular flexibility index (Phi) is 4.19. The van der Waals surface area contributed by atoms with Crippen LogP contribution in [0.3, 0.4) is 0 Å². The van der Waals surface area contributed by atoms with Gasteiger partial charge in [-0.2, -0.15) is 5.10 Å². The standard InChI is InChI=1S/C14H13ClN4O2S/c1-22-14-17-12-10(13(21)18-14)6-16-19(12)7-11(20)8-2-4-9(15)5-3-8/h2-6,11,20H,7H2,1H3,(H,17,18,21). The van der Waals surface area contributed by atoms with E-state index in [0.29, 0.717) is 21.2 Å². The van der Waals surface area contributed by atoms with Crippen molar-refractivity contribution in [1.29, 1.82) is 0 Å². The van der Waals surface area contributed by atoms with Gasteiger partial charge < -0.3 is 10.1 Å². The zero-order valence-corrected chi connectivity index (χ0v) is 13.2. The topological polar surface area (TPSA) is 83.8 Å². The minimum Gasteiger partial charge on any atom is -0.386 e. The maximum absolute atomic E-state index is 11.9. The molecule has 3 aromatic rings. The number of halogens is 1. The average Bonchev–Trinajstić information content (AvgIpc) is 2.91. The SMILES string of the molecule is CSc1nc2c(cnn2CC(O)c2ccc(Cl)cc2)c(=O)[nH]1. The molecule has 22 heavy (non-hydrogen) atoms. The Hall–Kier alpha value is -1.83. The van der Waals surface area contributed by atoms with E-state index in [2.05, 4.69) is 15.1 Å². The maximum atomic E-state index is 11.9. The lowest BCUT2D eigenvalue weighted by Crippen LogP contribution is -2.13. The van der Waals surface area contributed by atoms with Crippen LogP contribution in [0.2, 0.25) is 5.02 Å². The van der Waals surface area contributed by atoms with Crippen LogP contribution < -0.4 is 5.56 Å². The van der Waals surface area contributed by atoms with Crippen LogP contribution in [0, 0.1) is 0 Å². The number of aromatic amines is 1. The summed E-state index contributed by atoms with van der Waals surface area (Å²) < 4.78 is 1.53. The first kappa shape index (κ1) is 15.1. The Morgan fingerprint density at radius 1 is 1.41 bits per heavy atom. The fraction of sp³-hybridized carbons (Fsp3) is 0.214. The molecule has 2 N–H and O–H groups in total. The molecular formula is C14H13ClN4O2S. The minimum absolute atomic E-state index is 0.204. The summed E-state index contributed by atoms with van der Waals surface area (Å²) in [7, 11) is 0. The number of aromatic nitrogens is 4. The van der Waals surface area contributed by atoms with Crippen molar-refractivity contribution >= 4 is 34.4 Å². The Balaban J connectivity index is 1.95. The molecule has 114 valence electrons. The average molecular weight is 337 g/mol. The number of H-pyrrole nitrogens is 1. The highest BCUT2D eigenvalue weighted by Gasteiger charge is 2.14. The predicted octanol–water partition coefficient (Wildman–Crippen LogP) is 2.23. The lowest BCUT2D eigenvalue weighted by molar-refractivity contribution is 0.153. The number of benzene rings is 1. The Morgan fingerprint density at radius 2 is 2.14 bits per heavy atom. The van der Waals surface area contributed by atoms with Gasteiger partial charge in [0.1, 0.15) is 5.39 Å². The molecule has 2 heterocycles. The first-order valence-corrected chi connectivity index (χ1v) is 8.12. The number of thioether (sulfide) groups is 1. The normalized spacial score (nSPS) is 12.7. The van der Waals surface area contributed by atoms with Crippen molar-refractivity contribution in [3.8, 4) is 0 Å². The van der Waals surface area contributed by atoms with Crippen molar-refractivity contribution in [2.45, 2.75) is 17.8 Å². The molecular weight excluding hydrogens is 324 g/mol. The van der Waals surface area contributed by atoms with E-state index in [9.17, 15) is 9.90 Å². The van der Waals surface area contributed by atoms with Gasteiger partial charge in [-0.1, -0.05) is 35.5 Å². The van der Waals surface area contributed by atoms with E-state index < -0.39 is 6.10 Å². The summed E-state index contributed by atoms with van der Waals surface area (Å²) >= 11 is 7.18. The summed E-state index contributed by atoms with van der Waals surface area (Å²) in [5.41, 5.74) is 0.950. The van der Waals surface area contributed by atoms with Crippen molar-refractivity contribution in [1.82, 2.24) is 19.7 Å². The number of aliphatic hydroxyl groups excluding tert-OH is 1. The van der Waals surface area contributed by atoms with Gasteiger partial charge in [0.2, 0.25) is 0 Å². The number of fused-ring (bicyclic) bond motifs is 1. The molecule has 3 rings (SSSR count). The largest absolute Gasteiger partial charge is 0.386 e. The van der Waals surface area contributed by atoms with Gasteiger partial charge in [0.05, 0.1) is 18.8 Å². The van der Waals surface area contributed by atoms with Gasteiger partial charge in [0, 0.05) is 5.02 Å². The monoisotopic (exact) mass is 336 g/mol. The molecule has 8 heteroatoms. The third kappa shape index (κ3) is 2.87. The van der Waals surface area contributed by atoms with E-state index in [1.807, 2.05) is 6.26 Å². The summed E-state index contributed by atoms with van der Waals surface area (Å²) in [5.74, 6) is 0. The Labute approximate surface area is 135 Å². The number of nitrogens with one attached hydrogen (secondary N) is 1. The van der Waals surface area contributed by atoms with Crippen LogP contribution in [0.1, 0.15) is 11.7 Å². The van der Waals surface area contributed by atoms with Crippen LogP contribution >= 0.6 is 23.4 Å². The van der Waals surface area contributed by atoms with Crippen LogP contribution in [-0.2, 0) is 6.54 Å². The molecule has 0 saturated heterocycles. The predicted molar refractivity (Wildman–Crippen MR) is 86.3 cm³/mol. The van der Waals surface area contributed by atoms with E-state index in [1.165, 1.54) is 22.6 Å². The molecule has 1 atom stereocenters. The highest BCUT2D eigenvalue weighted by molar-refractivity contribution is 7.98. The summed E-state index contributed by atoms with van der Waals surface area (Å²) in [6.45, 7) is 0.204. The molecule has 0 fully saturated rings. The third-order valence-electron chi connectivity index (χ3n) is 3.28. The van der Waals surface area contributed by atoms with E-state index in [4.69, 9.17) is 11.6 Å². The first-order valence-electron chi connectivity index (χ1n) is 6.52. The van der Waals surface area contributed by atoms with Gasteiger partial charge in [0.25, 0.3) is 5.56 Å². The maximum Gasteiger partial charge on any atom is 0.262 e. The molecule has 6 nitrogen and oxygen atoms in total. The van der Waals surface area contributed by atoms with Crippen molar-refractivity contribution in [2.24, 2.45) is 0 Å². The molecule has 1 aromatic carbocycles. The van der Waals surface area contributed by atoms with Crippen LogP contribution in [0.15, 0.2) is 40.4 Å². The van der Waals surface area contributed by atoms with Crippen LogP contribution in [0.25, 0.3) is 11.0 Å². The van der Waals surface area contributed by atoms with Gasteiger partial charge in [-0.15, -0.1) is 0 Å². The Bertz CT molecular complexity index is 859. The summed E-state index contributed by atoms with van der Waals surface area (Å²) in [6, 6.07) is 6.95. The molecule has 0 bridgehead atoms. The van der Waals surface area contributed by atoms with Crippen LogP contribution in [0.5, 0.6) is 0 Å². The Morgan fingerprint density at radius 3 is 2.82 bits per heavy atom. The lowest BCUT2D eigenvalue weighted by atomic mass is 10.1. The summed E-state index contributed by atoms with van der Waals surface area (Å²) in [4.78, 5) is 18.9. The second-order valence-corrected chi connectivity index (χ2v) is 5.94. The number of rotatable bonds is 4. The van der Waals surface area contributed by atoms with Gasteiger partial charge in [0.15, 0.2) is 10.8 Å². The zero-order valence-electron chi connectivity index (χ0n) is 11.7. The van der Waals surface area contributed by atoms with Gasteiger partial charge in [-0.05, 0) is 24.0 Å². The molecule has 0 aliphatic carbocycles. The third-order valence-corrected chi connectivity index (χ3v) is 4.11. The van der Waals surface area contributed by atoms with E-state index >= 15 is 0 Å². The fourth-order valence-electron chi connectivity index (χ4n) is 2.13. The number of aliphatic hydroxyl groups is 1. The van der Waals surface area contributed by atoms with Crippen molar-refractivity contribution in [3.63, 3.8) is 0 Å². The second kappa shape index (κ2) is 6.12. The van der Waals surface area contributed by atoms with E-state index in [0.717, 1.165) is 5.56 Å². The van der Waals surface area contributed by atoms with Gasteiger partial charge in [-0.3, -0.25) is 4.79 Å². The first-order chi connectivity index (χ1) is 10.6. The lowest BCUT2D eigenvalue weighted by Gasteiger charge is -2.11. The number of hydrogen-bond acceptors (Lipinski definition) is 5. The smallest absolute Gasteiger partial charge is 0.262 e. The highest BCUT2D eigenvalue weighted by Crippen LogP contribution is 2.19. The van der Waals surface area contributed by atoms with Gasteiger partial charge >= 0.3 is 0 Å². The van der Waals surface area contributed by atoms with E-state index in [1.54, 1.807) is 24.3 Å². The van der Waals surface area contributed by atoms with Crippen molar-refractivity contribution < 1.29 is 5.11 Å². The van der Waals surface area contributed by atoms with Crippen molar-refractivity contribution in [2.75, 3.05) is 6.26 Å². The van der Waals surface area contributed by atoms with Crippen LogP contribution in [-0.4, -0.2) is 31.1 Å². The second-order valence-electron chi connectivity index (χ2n) is 4.71. The molecule has 0 spiro atoms. The van der Waals surface area contributed by atoms with Gasteiger partial charge in [-0.25, -0.2) is 9.67 Å². The van der Waals surface area contributed by atoms with Crippen molar-refractivity contribution in [3.05, 3.63) is 51.4 Å². The molecule has 0 aliphatic rings. The molecule has 0 saturated carbocycles.